The van der Waals surface area contributed by atoms with Crippen LogP contribution in [0.4, 0.5) is 23.4 Å². The van der Waals surface area contributed by atoms with E-state index in [1.54, 1.807) is 25.1 Å². The fourth-order valence-electron chi connectivity index (χ4n) is 3.15. The Labute approximate surface area is 187 Å². The van der Waals surface area contributed by atoms with Crippen molar-refractivity contribution in [3.63, 3.8) is 0 Å². The van der Waals surface area contributed by atoms with E-state index in [4.69, 9.17) is 4.74 Å². The van der Waals surface area contributed by atoms with Crippen molar-refractivity contribution in [2.45, 2.75) is 45.2 Å². The molecule has 1 amide bonds. The number of alkyl halides is 3. The van der Waals surface area contributed by atoms with Crippen LogP contribution in [0, 0.1) is 5.82 Å². The molecule has 1 aromatic carbocycles. The number of benzene rings is 1. The average Bonchev–Trinajstić information content (AvgIpc) is 3.19. The average molecular weight is 465 g/mol. The second-order valence-corrected chi connectivity index (χ2v) is 8.05. The highest BCUT2D eigenvalue weighted by molar-refractivity contribution is 6.01. The van der Waals surface area contributed by atoms with Crippen LogP contribution in [0.5, 0.6) is 0 Å². The number of hydrogen-bond acceptors (Lipinski definition) is 4. The van der Waals surface area contributed by atoms with E-state index >= 15 is 0 Å². The van der Waals surface area contributed by atoms with Crippen LogP contribution in [-0.2, 0) is 26.2 Å². The van der Waals surface area contributed by atoms with Crippen molar-refractivity contribution in [2.24, 2.45) is 0 Å². The zero-order valence-corrected chi connectivity index (χ0v) is 18.3. The summed E-state index contributed by atoms with van der Waals surface area (Å²) in [6.07, 6.45) is -1.48. The first kappa shape index (κ1) is 24.2. The van der Waals surface area contributed by atoms with Gasteiger partial charge in [0.2, 0.25) is 11.7 Å². The predicted molar refractivity (Wildman–Crippen MR) is 114 cm³/mol. The molecule has 10 heteroatoms. The third-order valence-electron chi connectivity index (χ3n) is 5.33. The summed E-state index contributed by atoms with van der Waals surface area (Å²) >= 11 is 0. The largest absolute Gasteiger partial charge is 0.490 e. The molecule has 0 atom stereocenters. The zero-order valence-electron chi connectivity index (χ0n) is 18.3. The van der Waals surface area contributed by atoms with Crippen molar-refractivity contribution in [3.05, 3.63) is 64.8 Å². The van der Waals surface area contributed by atoms with E-state index in [2.05, 4.69) is 15.5 Å². The smallest absolute Gasteiger partial charge is 0.399 e. The summed E-state index contributed by atoms with van der Waals surface area (Å²) in [4.78, 5) is 24.1. The van der Waals surface area contributed by atoms with Gasteiger partial charge in [-0.25, -0.2) is 4.39 Å². The Bertz CT molecular complexity index is 1130. The Morgan fingerprint density at radius 1 is 1.24 bits per heavy atom. The first-order valence-electron chi connectivity index (χ1n) is 10.2. The lowest BCUT2D eigenvalue weighted by atomic mass is 9.89. The molecule has 0 spiro atoms. The molecule has 1 aliphatic rings. The molecular weight excluding hydrogens is 442 g/mol. The molecule has 0 unspecified atom stereocenters. The quantitative estimate of drug-likeness (QED) is 0.573. The molecule has 0 saturated carbocycles. The summed E-state index contributed by atoms with van der Waals surface area (Å²) in [5.74, 6) is -1.30. The number of hydrogen-bond donors (Lipinski definition) is 2. The molecule has 1 aromatic heterocycles. The number of ketones is 1. The van der Waals surface area contributed by atoms with Crippen LogP contribution >= 0.6 is 0 Å². The Morgan fingerprint density at radius 2 is 1.97 bits per heavy atom. The fourth-order valence-corrected chi connectivity index (χ4v) is 3.15. The summed E-state index contributed by atoms with van der Waals surface area (Å²) in [6, 6.07) is 5.41. The highest BCUT2D eigenvalue weighted by atomic mass is 19.4. The lowest BCUT2D eigenvalue weighted by Crippen LogP contribution is -2.36. The number of nitrogens with one attached hydrogen (secondary N) is 2. The molecule has 176 valence electrons. The third-order valence-corrected chi connectivity index (χ3v) is 5.33. The summed E-state index contributed by atoms with van der Waals surface area (Å²) in [6.45, 7) is 4.07. The molecule has 0 radical (unpaired) electrons. The predicted octanol–water partition coefficient (Wildman–Crippen LogP) is 4.85. The number of anilines is 1. The topological polar surface area (TPSA) is 84.1 Å². The maximum atomic E-state index is 14.6. The summed E-state index contributed by atoms with van der Waals surface area (Å²) in [7, 11) is 0. The minimum atomic E-state index is -4.51. The molecule has 2 aromatic rings. The maximum Gasteiger partial charge on any atom is 0.399 e. The van der Waals surface area contributed by atoms with Crippen LogP contribution in [0.3, 0.4) is 0 Å². The number of amides is 1. The van der Waals surface area contributed by atoms with E-state index in [0.717, 1.165) is 19.9 Å². The summed E-state index contributed by atoms with van der Waals surface area (Å²) < 4.78 is 59.4. The number of halogens is 4. The molecule has 3 rings (SSSR count). The number of Topliss-reactive ketones (excluding diaryl/α,β-unsaturated/α-hetero) is 1. The van der Waals surface area contributed by atoms with Gasteiger partial charge in [-0.3, -0.25) is 14.7 Å². The number of carbonyl (C=O) groups is 2. The number of ether oxygens (including phenoxy) is 1. The van der Waals surface area contributed by atoms with Crippen molar-refractivity contribution in [3.8, 4) is 0 Å². The molecule has 33 heavy (non-hydrogen) atoms. The number of carbonyl (C=O) groups excluding carboxylic acids is 2. The highest BCUT2D eigenvalue weighted by Gasteiger charge is 2.49. The molecule has 1 aliphatic carbocycles. The van der Waals surface area contributed by atoms with Crippen molar-refractivity contribution in [1.29, 1.82) is 0 Å². The van der Waals surface area contributed by atoms with E-state index in [-0.39, 0.29) is 41.5 Å². The van der Waals surface area contributed by atoms with Gasteiger partial charge in [-0.1, -0.05) is 18.2 Å². The van der Waals surface area contributed by atoms with E-state index < -0.39 is 23.3 Å². The second kappa shape index (κ2) is 9.21. The lowest BCUT2D eigenvalue weighted by molar-refractivity contribution is -0.181. The van der Waals surface area contributed by atoms with Gasteiger partial charge >= 0.3 is 6.18 Å². The molecule has 0 saturated heterocycles. The number of aromatic amines is 1. The van der Waals surface area contributed by atoms with E-state index in [1.165, 1.54) is 12.1 Å². The van der Waals surface area contributed by atoms with Gasteiger partial charge in [0.15, 0.2) is 11.6 Å². The van der Waals surface area contributed by atoms with Crippen LogP contribution in [0.2, 0.25) is 0 Å². The minimum Gasteiger partial charge on any atom is -0.490 e. The van der Waals surface area contributed by atoms with Crippen molar-refractivity contribution >= 4 is 23.1 Å². The Morgan fingerprint density at radius 3 is 2.61 bits per heavy atom. The number of H-pyrrole nitrogens is 1. The van der Waals surface area contributed by atoms with Crippen LogP contribution in [-0.4, -0.2) is 34.7 Å². The summed E-state index contributed by atoms with van der Waals surface area (Å²) in [5, 5.41) is 8.36. The number of allylic oxidation sites excluding steroid dienone is 4. The fraction of sp³-hybridized carbons (Fsp3) is 0.348. The SMILES string of the molecule is CCOC1=CC(c2ccc(CC(=O)Nc3cc(C(C)(C)C(F)(F)F)[nH]n3)c(F)c2)=CCC1=O. The Balaban J connectivity index is 1.69. The van der Waals surface area contributed by atoms with E-state index in [0.29, 0.717) is 17.7 Å². The van der Waals surface area contributed by atoms with Crippen molar-refractivity contribution < 1.29 is 31.9 Å². The first-order chi connectivity index (χ1) is 15.4. The Kier molecular flexibility index (Phi) is 6.76. The van der Waals surface area contributed by atoms with Crippen LogP contribution in [0.1, 0.15) is 44.0 Å². The lowest BCUT2D eigenvalue weighted by Gasteiger charge is -2.25. The molecule has 0 fully saturated rings. The van der Waals surface area contributed by atoms with Gasteiger partial charge in [0.25, 0.3) is 0 Å². The molecule has 2 N–H and O–H groups in total. The normalized spacial score (nSPS) is 14.6. The molecule has 0 aliphatic heterocycles. The van der Waals surface area contributed by atoms with Gasteiger partial charge in [-0.2, -0.15) is 18.3 Å². The van der Waals surface area contributed by atoms with Gasteiger partial charge < -0.3 is 10.1 Å². The zero-order chi connectivity index (χ0) is 24.4. The maximum absolute atomic E-state index is 14.6. The first-order valence-corrected chi connectivity index (χ1v) is 10.2. The third kappa shape index (κ3) is 5.32. The second-order valence-electron chi connectivity index (χ2n) is 8.05. The molecule has 6 nitrogen and oxygen atoms in total. The van der Waals surface area contributed by atoms with Gasteiger partial charge in [-0.15, -0.1) is 0 Å². The number of nitrogens with zero attached hydrogens (tertiary/aromatic N) is 1. The highest BCUT2D eigenvalue weighted by Crippen LogP contribution is 2.40. The number of rotatable bonds is 7. The minimum absolute atomic E-state index is 0.0880. The van der Waals surface area contributed by atoms with Crippen molar-refractivity contribution in [2.75, 3.05) is 11.9 Å². The monoisotopic (exact) mass is 465 g/mol. The van der Waals surface area contributed by atoms with Crippen LogP contribution in [0.25, 0.3) is 5.57 Å². The van der Waals surface area contributed by atoms with Gasteiger partial charge in [0.05, 0.1) is 18.7 Å². The van der Waals surface area contributed by atoms with Gasteiger partial charge in [0.1, 0.15) is 11.2 Å². The van der Waals surface area contributed by atoms with Crippen LogP contribution in [0.15, 0.2) is 42.2 Å². The van der Waals surface area contributed by atoms with E-state index in [1.807, 2.05) is 0 Å². The summed E-state index contributed by atoms with van der Waals surface area (Å²) in [5.41, 5.74) is -1.14. The molecular formula is C23H23F4N3O3. The molecule has 0 bridgehead atoms. The standard InChI is InChI=1S/C23H23F4N3O3/c1-4-33-18-10-14(7-8-17(18)31)13-5-6-15(16(24)9-13)11-21(32)28-20-12-19(29-30-20)22(2,3)23(25,26)27/h5-7,9-10,12H,4,8,11H2,1-3H3,(H2,28,29,30,32). The van der Waals surface area contributed by atoms with Crippen molar-refractivity contribution in [1.82, 2.24) is 10.2 Å². The van der Waals surface area contributed by atoms with Gasteiger partial charge in [0, 0.05) is 12.5 Å². The van der Waals surface area contributed by atoms with Crippen LogP contribution < -0.4 is 5.32 Å². The number of aromatic nitrogens is 2. The Hall–Kier alpha value is -3.43. The van der Waals surface area contributed by atoms with Gasteiger partial charge in [-0.05, 0) is 49.6 Å². The van der Waals surface area contributed by atoms with E-state index in [9.17, 15) is 27.2 Å². The molecule has 1 heterocycles.